The molecule has 0 saturated carbocycles. The number of likely N-dealkylation sites (tertiary alicyclic amines) is 1. The first-order valence-electron chi connectivity index (χ1n) is 28.5. The molecule has 1 saturated heterocycles. The summed E-state index contributed by atoms with van der Waals surface area (Å²) in [5.74, 6) is -5.01. The molecule has 442 valence electrons. The highest BCUT2D eigenvalue weighted by Crippen LogP contribution is 2.23. The topological polar surface area (TPSA) is 268 Å². The van der Waals surface area contributed by atoms with Crippen molar-refractivity contribution in [3.8, 4) is 0 Å². The van der Waals surface area contributed by atoms with Gasteiger partial charge in [0.25, 0.3) is 0 Å². The van der Waals surface area contributed by atoms with Crippen LogP contribution >= 0.6 is 0 Å². The van der Waals surface area contributed by atoms with E-state index in [9.17, 15) is 47.9 Å². The van der Waals surface area contributed by atoms with Gasteiger partial charge in [-0.2, -0.15) is 0 Å². The van der Waals surface area contributed by atoms with E-state index in [2.05, 4.69) is 51.1 Å². The van der Waals surface area contributed by atoms with E-state index >= 15 is 0 Å². The first kappa shape index (κ1) is 69.7. The quantitative estimate of drug-likeness (QED) is 0.0445. The Labute approximate surface area is 461 Å². The van der Waals surface area contributed by atoms with Crippen LogP contribution in [0.3, 0.4) is 0 Å². The summed E-state index contributed by atoms with van der Waals surface area (Å²) in [5.41, 5.74) is -4.54. The van der Waals surface area contributed by atoms with Gasteiger partial charge >= 0.3 is 0 Å². The van der Waals surface area contributed by atoms with Crippen molar-refractivity contribution in [3.05, 3.63) is 0 Å². The third-order valence-corrected chi connectivity index (χ3v) is 13.8. The lowest BCUT2D eigenvalue weighted by atomic mass is 9.96. The highest BCUT2D eigenvalue weighted by Gasteiger charge is 2.43. The second-order valence-electron chi connectivity index (χ2n) is 23.5. The number of likely N-dealkylation sites (N-methyl/N-ethyl adjacent to an activating group) is 1. The average molecular weight is 1090 g/mol. The van der Waals surface area contributed by atoms with Crippen LogP contribution < -0.4 is 37.2 Å². The summed E-state index contributed by atoms with van der Waals surface area (Å²) in [5, 5.41) is 19.2. The Morgan fingerprint density at radius 3 is 1.78 bits per heavy atom. The minimum atomic E-state index is -1.57. The van der Waals surface area contributed by atoms with Crippen molar-refractivity contribution in [2.24, 2.45) is 5.92 Å². The van der Waals surface area contributed by atoms with E-state index in [1.54, 1.807) is 32.6 Å². The molecule has 77 heavy (non-hydrogen) atoms. The summed E-state index contributed by atoms with van der Waals surface area (Å²) < 4.78 is 0. The summed E-state index contributed by atoms with van der Waals surface area (Å²) in [6.07, 6.45) is 10.5. The maximum Gasteiger partial charge on any atom is 0.246 e. The maximum atomic E-state index is 14.2. The third-order valence-electron chi connectivity index (χ3n) is 13.8. The van der Waals surface area contributed by atoms with Crippen LogP contribution in [0.1, 0.15) is 193 Å². The van der Waals surface area contributed by atoms with Crippen molar-refractivity contribution in [2.45, 2.75) is 240 Å². The van der Waals surface area contributed by atoms with Crippen LogP contribution in [0.15, 0.2) is 0 Å². The number of nitrogens with one attached hydrogen (secondary N) is 7. The predicted octanol–water partition coefficient (Wildman–Crippen LogP) is 3.67. The molecular weight excluding hydrogens is 987 g/mol. The summed E-state index contributed by atoms with van der Waals surface area (Å²) in [6, 6.07) is -3.80. The van der Waals surface area contributed by atoms with Gasteiger partial charge in [-0.3, -0.25) is 47.9 Å². The third kappa shape index (κ3) is 24.1. The second-order valence-corrected chi connectivity index (χ2v) is 23.5. The molecule has 1 rings (SSSR count). The van der Waals surface area contributed by atoms with E-state index in [-0.39, 0.29) is 37.1 Å². The molecule has 21 heteroatoms. The number of amides is 10. The van der Waals surface area contributed by atoms with Gasteiger partial charge in [0.2, 0.25) is 59.1 Å². The van der Waals surface area contributed by atoms with Crippen molar-refractivity contribution < 1.29 is 47.9 Å². The van der Waals surface area contributed by atoms with E-state index in [0.717, 1.165) is 51.4 Å². The van der Waals surface area contributed by atoms with Crippen LogP contribution in [-0.4, -0.2) is 179 Å². The minimum absolute atomic E-state index is 0.0430. The van der Waals surface area contributed by atoms with Crippen LogP contribution in [0, 0.1) is 5.92 Å². The van der Waals surface area contributed by atoms with E-state index < -0.39 is 107 Å². The molecule has 1 aliphatic heterocycles. The van der Waals surface area contributed by atoms with Gasteiger partial charge in [-0.25, -0.2) is 0 Å². The van der Waals surface area contributed by atoms with Crippen molar-refractivity contribution in [1.29, 1.82) is 0 Å². The standard InChI is InChI=1S/C56H103N11O10/c1-17-19-21-22-23-25-27-41(61-49(73)42-28-26-33-65(42)45(69)29-24-20-18-2)48(72)59-37-47(71)67(40(7)8)56(13,14)53(77)60-36-46(70)66(39(5)6)43(35-38(3)4)50(74)62-55(11,12)52(76)63-54(9,10)51(75)58-31-30-44(68)57-32-34-64(15)16/h38-43H,17-37H2,1-16H3,(H,57,68)(H,58,75)(H,59,72)(H,60,77)(H,61,73)(H,62,74)(H,63,76). The van der Waals surface area contributed by atoms with Gasteiger partial charge in [0.1, 0.15) is 34.7 Å². The molecule has 3 atom stereocenters. The van der Waals surface area contributed by atoms with E-state index in [1.165, 1.54) is 51.3 Å². The number of carbonyl (C=O) groups excluding carboxylic acids is 10. The Kier molecular flexibility index (Phi) is 30.6. The average Bonchev–Trinajstić information content (AvgIpc) is 3.83. The number of carbonyl (C=O) groups is 10. The zero-order chi connectivity index (χ0) is 58.8. The molecule has 0 aromatic rings. The van der Waals surface area contributed by atoms with Crippen LogP contribution in [0.5, 0.6) is 0 Å². The van der Waals surface area contributed by atoms with Gasteiger partial charge < -0.3 is 56.8 Å². The molecule has 3 unspecified atom stereocenters. The Balaban J connectivity index is 3.17. The summed E-state index contributed by atoms with van der Waals surface area (Å²) in [7, 11) is 3.78. The van der Waals surface area contributed by atoms with Gasteiger partial charge in [0.05, 0.1) is 13.1 Å². The number of nitrogens with zero attached hydrogens (tertiary/aromatic N) is 4. The molecule has 0 aliphatic carbocycles. The van der Waals surface area contributed by atoms with Crippen LogP contribution in [0.25, 0.3) is 0 Å². The monoisotopic (exact) mass is 1090 g/mol. The van der Waals surface area contributed by atoms with Crippen molar-refractivity contribution in [1.82, 2.24) is 56.8 Å². The van der Waals surface area contributed by atoms with Crippen LogP contribution in [-0.2, 0) is 47.9 Å². The number of hydrogen-bond donors (Lipinski definition) is 7. The van der Waals surface area contributed by atoms with Gasteiger partial charge in [0.15, 0.2) is 0 Å². The molecule has 1 heterocycles. The highest BCUT2D eigenvalue weighted by molar-refractivity contribution is 5.99. The fourth-order valence-electron chi connectivity index (χ4n) is 9.44. The lowest BCUT2D eigenvalue weighted by molar-refractivity contribution is -0.150. The molecule has 0 spiro atoms. The lowest BCUT2D eigenvalue weighted by Crippen LogP contribution is -2.65. The number of unbranched alkanes of at least 4 members (excludes halogenated alkanes) is 7. The second kappa shape index (κ2) is 33.8. The Bertz CT molecular complexity index is 1950. The van der Waals surface area contributed by atoms with Crippen molar-refractivity contribution in [2.75, 3.05) is 53.4 Å². The smallest absolute Gasteiger partial charge is 0.246 e. The van der Waals surface area contributed by atoms with E-state index in [4.69, 9.17) is 0 Å². The fraction of sp³-hybridized carbons (Fsp3) is 0.821. The number of hydrogen-bond acceptors (Lipinski definition) is 11. The van der Waals surface area contributed by atoms with Gasteiger partial charge in [-0.1, -0.05) is 79.1 Å². The largest absolute Gasteiger partial charge is 0.355 e. The van der Waals surface area contributed by atoms with E-state index in [0.29, 0.717) is 51.7 Å². The molecule has 1 aliphatic rings. The van der Waals surface area contributed by atoms with Crippen LogP contribution in [0.4, 0.5) is 0 Å². The minimum Gasteiger partial charge on any atom is -0.355 e. The molecule has 0 bridgehead atoms. The molecular formula is C56H103N11O10. The summed E-state index contributed by atoms with van der Waals surface area (Å²) in [6.45, 7) is 24.5. The molecule has 1 fully saturated rings. The summed E-state index contributed by atoms with van der Waals surface area (Å²) >= 11 is 0. The first-order valence-corrected chi connectivity index (χ1v) is 28.5. The highest BCUT2D eigenvalue weighted by atomic mass is 16.2. The summed E-state index contributed by atoms with van der Waals surface area (Å²) in [4.78, 5) is 143. The molecule has 21 nitrogen and oxygen atoms in total. The van der Waals surface area contributed by atoms with Gasteiger partial charge in [-0.15, -0.1) is 0 Å². The lowest BCUT2D eigenvalue weighted by Gasteiger charge is -2.41. The van der Waals surface area contributed by atoms with Gasteiger partial charge in [-0.05, 0) is 121 Å². The van der Waals surface area contributed by atoms with E-state index in [1.807, 2.05) is 32.8 Å². The predicted molar refractivity (Wildman–Crippen MR) is 300 cm³/mol. The van der Waals surface area contributed by atoms with Gasteiger partial charge in [0, 0.05) is 51.1 Å². The number of rotatable bonds is 36. The molecule has 7 N–H and O–H groups in total. The molecule has 0 aromatic carbocycles. The van der Waals surface area contributed by atoms with Crippen molar-refractivity contribution in [3.63, 3.8) is 0 Å². The zero-order valence-corrected chi connectivity index (χ0v) is 50.2. The van der Waals surface area contributed by atoms with Crippen LogP contribution in [0.2, 0.25) is 0 Å². The molecule has 10 amide bonds. The SMILES string of the molecule is CCCCCCCCC(NC(=O)C1CCCN1C(=O)CCCCC)C(=O)NCC(=O)N(C(C)C)C(C)(C)C(=O)NCC(=O)N(C(C)C)C(CC(C)C)C(=O)NC(C)(C)C(=O)NC(C)(C)C(=O)NCCC(=O)NCCN(C)C. The molecule has 0 aromatic heterocycles. The Morgan fingerprint density at radius 1 is 0.610 bits per heavy atom. The van der Waals surface area contributed by atoms with Crippen molar-refractivity contribution >= 4 is 59.1 Å². The molecule has 0 radical (unpaired) electrons. The Morgan fingerprint density at radius 2 is 1.19 bits per heavy atom. The Hall–Kier alpha value is -5.34. The zero-order valence-electron chi connectivity index (χ0n) is 50.2. The normalized spacial score (nSPS) is 14.7. The fourth-order valence-corrected chi connectivity index (χ4v) is 9.44. The maximum absolute atomic E-state index is 14.2. The first-order chi connectivity index (χ1) is 35.9.